The van der Waals surface area contributed by atoms with Crippen molar-refractivity contribution in [3.63, 3.8) is 0 Å². The van der Waals surface area contributed by atoms with E-state index in [1.165, 1.54) is 0 Å². The van der Waals surface area contributed by atoms with E-state index in [0.29, 0.717) is 5.75 Å². The van der Waals surface area contributed by atoms with Crippen molar-refractivity contribution in [2.24, 2.45) is 0 Å². The minimum atomic E-state index is -3.81. The Hall–Kier alpha value is -2.04. The first-order valence-electron chi connectivity index (χ1n) is 7.68. The molecule has 1 heterocycles. The summed E-state index contributed by atoms with van der Waals surface area (Å²) >= 11 is 0.801. The Balaban J connectivity index is 2.03. The maximum atomic E-state index is 12.3. The van der Waals surface area contributed by atoms with Crippen molar-refractivity contribution in [2.75, 3.05) is 5.32 Å². The second-order valence-corrected chi connectivity index (χ2v) is 8.33. The number of hydrogen-bond donors (Lipinski definition) is 2. The molecule has 0 radical (unpaired) electrons. The van der Waals surface area contributed by atoms with Crippen LogP contribution in [-0.2, 0) is 21.4 Å². The van der Waals surface area contributed by atoms with E-state index in [4.69, 9.17) is 4.74 Å². The second-order valence-electron chi connectivity index (χ2n) is 5.41. The summed E-state index contributed by atoms with van der Waals surface area (Å²) < 4.78 is 32.4. The van der Waals surface area contributed by atoms with Gasteiger partial charge in [-0.2, -0.15) is 0 Å². The van der Waals surface area contributed by atoms with Gasteiger partial charge >= 0.3 is 0 Å². The first-order valence-corrected chi connectivity index (χ1v) is 9.98. The van der Waals surface area contributed by atoms with Crippen LogP contribution in [0.3, 0.4) is 0 Å². The van der Waals surface area contributed by atoms with Gasteiger partial charge in [-0.05, 0) is 31.5 Å². The summed E-state index contributed by atoms with van der Waals surface area (Å²) in [6.45, 7) is 5.61. The summed E-state index contributed by atoms with van der Waals surface area (Å²) in [5, 5.41) is 9.93. The molecular weight excluding hydrogens is 364 g/mol. The molecule has 0 aliphatic heterocycles. The van der Waals surface area contributed by atoms with Crippen LogP contribution in [0.2, 0.25) is 0 Å². The van der Waals surface area contributed by atoms with Crippen molar-refractivity contribution in [1.29, 1.82) is 0 Å². The lowest BCUT2D eigenvalue weighted by atomic mass is 10.2. The number of hydrogen-bond acceptors (Lipinski definition) is 7. The van der Waals surface area contributed by atoms with E-state index in [1.54, 1.807) is 25.1 Å². The Labute approximate surface area is 150 Å². The number of benzene rings is 1. The molecule has 0 fully saturated rings. The molecule has 136 valence electrons. The zero-order valence-electron chi connectivity index (χ0n) is 14.1. The molecule has 0 aliphatic carbocycles. The SMILES string of the molecule is CCC(=O)Nc1nnc(S(=O)(=O)NCc2cccc(OC(C)C)c2)s1. The highest BCUT2D eigenvalue weighted by Gasteiger charge is 2.20. The predicted molar refractivity (Wildman–Crippen MR) is 95.1 cm³/mol. The van der Waals surface area contributed by atoms with Crippen molar-refractivity contribution in [3.05, 3.63) is 29.8 Å². The van der Waals surface area contributed by atoms with Crippen molar-refractivity contribution < 1.29 is 17.9 Å². The maximum absolute atomic E-state index is 12.3. The van der Waals surface area contributed by atoms with Gasteiger partial charge in [0.25, 0.3) is 10.0 Å². The molecule has 1 amide bonds. The van der Waals surface area contributed by atoms with E-state index < -0.39 is 10.0 Å². The fraction of sp³-hybridized carbons (Fsp3) is 0.400. The highest BCUT2D eigenvalue weighted by Crippen LogP contribution is 2.20. The smallest absolute Gasteiger partial charge is 0.270 e. The summed E-state index contributed by atoms with van der Waals surface area (Å²) in [5.74, 6) is 0.419. The second kappa shape index (κ2) is 8.37. The zero-order valence-corrected chi connectivity index (χ0v) is 15.8. The molecule has 2 N–H and O–H groups in total. The number of amides is 1. The maximum Gasteiger partial charge on any atom is 0.270 e. The summed E-state index contributed by atoms with van der Waals surface area (Å²) in [5.41, 5.74) is 0.755. The summed E-state index contributed by atoms with van der Waals surface area (Å²) in [4.78, 5) is 11.3. The number of anilines is 1. The molecule has 0 saturated heterocycles. The molecule has 2 rings (SSSR count). The van der Waals surface area contributed by atoms with Gasteiger partial charge in [0.2, 0.25) is 15.4 Å². The van der Waals surface area contributed by atoms with Gasteiger partial charge in [0.15, 0.2) is 0 Å². The van der Waals surface area contributed by atoms with Gasteiger partial charge in [0.05, 0.1) is 6.10 Å². The van der Waals surface area contributed by atoms with Crippen molar-refractivity contribution >= 4 is 32.4 Å². The third-order valence-electron chi connectivity index (χ3n) is 2.94. The molecule has 1 aromatic heterocycles. The third kappa shape index (κ3) is 5.76. The van der Waals surface area contributed by atoms with Crippen LogP contribution in [0.15, 0.2) is 28.6 Å². The number of carbonyl (C=O) groups is 1. The fourth-order valence-corrected chi connectivity index (χ4v) is 3.79. The van der Waals surface area contributed by atoms with Gasteiger partial charge in [-0.1, -0.05) is 30.4 Å². The number of rotatable bonds is 8. The zero-order chi connectivity index (χ0) is 18.4. The average Bonchev–Trinajstić information content (AvgIpc) is 3.02. The van der Waals surface area contributed by atoms with Gasteiger partial charge in [0.1, 0.15) is 5.75 Å². The van der Waals surface area contributed by atoms with E-state index in [-0.39, 0.29) is 34.4 Å². The normalized spacial score (nSPS) is 11.5. The largest absolute Gasteiger partial charge is 0.491 e. The number of sulfonamides is 1. The molecule has 25 heavy (non-hydrogen) atoms. The van der Waals surface area contributed by atoms with E-state index in [0.717, 1.165) is 16.9 Å². The fourth-order valence-electron chi connectivity index (χ4n) is 1.82. The Morgan fingerprint density at radius 2 is 2.08 bits per heavy atom. The Kier molecular flexibility index (Phi) is 6.45. The molecule has 1 aromatic carbocycles. The predicted octanol–water partition coefficient (Wildman–Crippen LogP) is 2.15. The molecule has 2 aromatic rings. The molecule has 0 bridgehead atoms. The van der Waals surface area contributed by atoms with Crippen LogP contribution in [0.25, 0.3) is 0 Å². The summed E-state index contributed by atoms with van der Waals surface area (Å²) in [6, 6.07) is 7.17. The summed E-state index contributed by atoms with van der Waals surface area (Å²) in [7, 11) is -3.81. The quantitative estimate of drug-likeness (QED) is 0.675. The van der Waals surface area contributed by atoms with Crippen LogP contribution in [0.4, 0.5) is 5.13 Å². The lowest BCUT2D eigenvalue weighted by molar-refractivity contribution is -0.115. The molecule has 0 saturated carbocycles. The minimum absolute atomic E-state index is 0.0325. The number of ether oxygens (including phenoxy) is 1. The highest BCUT2D eigenvalue weighted by atomic mass is 32.2. The molecule has 8 nitrogen and oxygen atoms in total. The monoisotopic (exact) mass is 384 g/mol. The topological polar surface area (TPSA) is 110 Å². The number of aromatic nitrogens is 2. The minimum Gasteiger partial charge on any atom is -0.491 e. The third-order valence-corrected chi connectivity index (χ3v) is 5.55. The van der Waals surface area contributed by atoms with Gasteiger partial charge in [0, 0.05) is 13.0 Å². The van der Waals surface area contributed by atoms with Crippen LogP contribution in [-0.4, -0.2) is 30.6 Å². The van der Waals surface area contributed by atoms with Gasteiger partial charge in [-0.15, -0.1) is 10.2 Å². The lowest BCUT2D eigenvalue weighted by Crippen LogP contribution is -2.23. The number of nitrogens with zero attached hydrogens (tertiary/aromatic N) is 2. The number of carbonyl (C=O) groups excluding carboxylic acids is 1. The van der Waals surface area contributed by atoms with Crippen LogP contribution in [0.5, 0.6) is 5.75 Å². The highest BCUT2D eigenvalue weighted by molar-refractivity contribution is 7.91. The molecule has 10 heteroatoms. The molecule has 0 spiro atoms. The van der Waals surface area contributed by atoms with E-state index in [9.17, 15) is 13.2 Å². The van der Waals surface area contributed by atoms with Crippen LogP contribution >= 0.6 is 11.3 Å². The first kappa shape index (κ1) is 19.3. The van der Waals surface area contributed by atoms with E-state index in [1.807, 2.05) is 19.9 Å². The first-order chi connectivity index (χ1) is 11.8. The van der Waals surface area contributed by atoms with Crippen molar-refractivity contribution in [1.82, 2.24) is 14.9 Å². The van der Waals surface area contributed by atoms with Gasteiger partial charge in [-0.25, -0.2) is 13.1 Å². The van der Waals surface area contributed by atoms with Gasteiger partial charge in [-0.3, -0.25) is 4.79 Å². The van der Waals surface area contributed by atoms with Crippen LogP contribution in [0, 0.1) is 0 Å². The van der Waals surface area contributed by atoms with Gasteiger partial charge < -0.3 is 10.1 Å². The van der Waals surface area contributed by atoms with E-state index in [2.05, 4.69) is 20.2 Å². The Morgan fingerprint density at radius 1 is 1.32 bits per heavy atom. The van der Waals surface area contributed by atoms with Crippen molar-refractivity contribution in [3.8, 4) is 5.75 Å². The lowest BCUT2D eigenvalue weighted by Gasteiger charge is -2.11. The van der Waals surface area contributed by atoms with Crippen LogP contribution in [0.1, 0.15) is 32.8 Å². The Morgan fingerprint density at radius 3 is 2.76 bits per heavy atom. The van der Waals surface area contributed by atoms with E-state index >= 15 is 0 Å². The standard InChI is InChI=1S/C15H20N4O4S2/c1-4-13(20)17-14-18-19-15(24-14)25(21,22)16-9-11-6-5-7-12(8-11)23-10(2)3/h5-8,10,16H,4,9H2,1-3H3,(H,17,18,20). The van der Waals surface area contributed by atoms with Crippen molar-refractivity contribution in [2.45, 2.75) is 44.2 Å². The summed E-state index contributed by atoms with van der Waals surface area (Å²) in [6.07, 6.45) is 0.305. The number of nitrogens with one attached hydrogen (secondary N) is 2. The average molecular weight is 384 g/mol. The van der Waals surface area contributed by atoms with Crippen LogP contribution < -0.4 is 14.8 Å². The molecule has 0 atom stereocenters. The Bertz CT molecular complexity index is 834. The molecular formula is C15H20N4O4S2. The molecule has 0 unspecified atom stereocenters. The molecule has 0 aliphatic rings.